The van der Waals surface area contributed by atoms with Gasteiger partial charge in [-0.05, 0) is 63.1 Å². The van der Waals surface area contributed by atoms with Crippen LogP contribution in [0.3, 0.4) is 0 Å². The van der Waals surface area contributed by atoms with Crippen LogP contribution in [0.25, 0.3) is 11.4 Å². The first-order chi connectivity index (χ1) is 14.0. The van der Waals surface area contributed by atoms with Crippen LogP contribution >= 0.6 is 0 Å². The summed E-state index contributed by atoms with van der Waals surface area (Å²) in [4.78, 5) is 6.88. The molecule has 0 spiro atoms. The zero-order valence-corrected chi connectivity index (χ0v) is 17.2. The summed E-state index contributed by atoms with van der Waals surface area (Å²) >= 11 is 0. The molecule has 0 radical (unpaired) electrons. The number of hydrogen-bond acceptors (Lipinski definition) is 4. The number of pyridine rings is 1. The van der Waals surface area contributed by atoms with E-state index < -0.39 is 0 Å². The summed E-state index contributed by atoms with van der Waals surface area (Å²) in [6.45, 7) is 13.1. The highest BCUT2D eigenvalue weighted by Crippen LogP contribution is 2.37. The van der Waals surface area contributed by atoms with Crippen molar-refractivity contribution in [1.29, 1.82) is 0 Å². The molecule has 4 heterocycles. The summed E-state index contributed by atoms with van der Waals surface area (Å²) in [7, 11) is 0. The van der Waals surface area contributed by atoms with Gasteiger partial charge in [0.15, 0.2) is 5.82 Å². The zero-order chi connectivity index (χ0) is 20.1. The van der Waals surface area contributed by atoms with Crippen molar-refractivity contribution in [2.45, 2.75) is 27.2 Å². The number of nitrogens with zero attached hydrogens (tertiary/aromatic N) is 5. The molecule has 146 valence electrons. The Balaban J connectivity index is 1.62. The Morgan fingerprint density at radius 3 is 2.45 bits per heavy atom. The van der Waals surface area contributed by atoms with Crippen LogP contribution in [-0.2, 0) is 0 Å². The van der Waals surface area contributed by atoms with E-state index in [-0.39, 0.29) is 0 Å². The van der Waals surface area contributed by atoms with E-state index in [9.17, 15) is 0 Å². The van der Waals surface area contributed by atoms with Crippen LogP contribution in [0.15, 0.2) is 54.3 Å². The molecule has 0 unspecified atom stereocenters. The standard InChI is InChI=1S/C24H25N5/c1-16-12-20(27-10-7-11-27)14-21(13-16)28-17(2)22-15-26-29(19(4)24(22)18(28)3)23-8-5-6-9-25-23/h5-6,8-9,12-15H,4,7,10-11H2,1-3H3. The number of hydrogen-bond donors (Lipinski definition) is 0. The lowest BCUT2D eigenvalue weighted by molar-refractivity contribution is 0.617. The second-order valence-corrected chi connectivity index (χ2v) is 7.85. The fraction of sp³-hybridized carbons (Fsp3) is 0.250. The molecule has 0 bridgehead atoms. The van der Waals surface area contributed by atoms with Crippen molar-refractivity contribution < 1.29 is 0 Å². The molecular formula is C24H25N5. The van der Waals surface area contributed by atoms with Gasteiger partial charge in [0.2, 0.25) is 0 Å². The van der Waals surface area contributed by atoms with Crippen LogP contribution in [0.2, 0.25) is 0 Å². The van der Waals surface area contributed by atoms with E-state index in [1.807, 2.05) is 29.4 Å². The molecule has 5 rings (SSSR count). The summed E-state index contributed by atoms with van der Waals surface area (Å²) in [5, 5.41) is 6.46. The largest absolute Gasteiger partial charge is 0.371 e. The maximum absolute atomic E-state index is 4.64. The molecule has 1 saturated heterocycles. The molecule has 0 N–H and O–H groups in total. The molecule has 5 heteroatoms. The van der Waals surface area contributed by atoms with Crippen molar-refractivity contribution in [3.8, 4) is 5.69 Å². The third kappa shape index (κ3) is 2.77. The Morgan fingerprint density at radius 2 is 1.76 bits per heavy atom. The van der Waals surface area contributed by atoms with Crippen LogP contribution < -0.4 is 9.91 Å². The Hall–Kier alpha value is -3.34. The molecular weight excluding hydrogens is 358 g/mol. The minimum Gasteiger partial charge on any atom is -0.371 e. The molecule has 2 aliphatic heterocycles. The van der Waals surface area contributed by atoms with Gasteiger partial charge >= 0.3 is 0 Å². The molecule has 0 atom stereocenters. The normalized spacial score (nSPS) is 15.5. The van der Waals surface area contributed by atoms with Crippen molar-refractivity contribution in [3.05, 3.63) is 77.3 Å². The van der Waals surface area contributed by atoms with E-state index in [0.29, 0.717) is 0 Å². The van der Waals surface area contributed by atoms with Gasteiger partial charge in [-0.3, -0.25) is 0 Å². The van der Waals surface area contributed by atoms with Crippen LogP contribution in [0.1, 0.15) is 34.5 Å². The second-order valence-electron chi connectivity index (χ2n) is 7.85. The number of hydrazone groups is 1. The summed E-state index contributed by atoms with van der Waals surface area (Å²) in [6, 6.07) is 12.7. The SMILES string of the molecule is C=C1c2c(c(C)n(-c3cc(C)cc(N4CCC4)c3)c2C)C=NN1c1ccccn1. The van der Waals surface area contributed by atoms with Crippen molar-refractivity contribution in [2.24, 2.45) is 5.10 Å². The minimum absolute atomic E-state index is 0.778. The Bertz CT molecular complexity index is 1140. The quantitative estimate of drug-likeness (QED) is 0.650. The number of aromatic nitrogens is 2. The van der Waals surface area contributed by atoms with E-state index in [2.05, 4.69) is 65.1 Å². The van der Waals surface area contributed by atoms with Gasteiger partial charge in [-0.1, -0.05) is 12.6 Å². The lowest BCUT2D eigenvalue weighted by Crippen LogP contribution is -2.37. The highest BCUT2D eigenvalue weighted by molar-refractivity contribution is 5.98. The molecule has 0 amide bonds. The average Bonchev–Trinajstić information content (AvgIpc) is 2.92. The second kappa shape index (κ2) is 6.62. The van der Waals surface area contributed by atoms with Crippen LogP contribution in [0.5, 0.6) is 0 Å². The van der Waals surface area contributed by atoms with E-state index in [1.165, 1.54) is 34.7 Å². The number of fused-ring (bicyclic) bond motifs is 1. The summed E-state index contributed by atoms with van der Waals surface area (Å²) in [6.07, 6.45) is 4.99. The molecule has 1 aromatic carbocycles. The van der Waals surface area contributed by atoms with Gasteiger partial charge < -0.3 is 9.47 Å². The van der Waals surface area contributed by atoms with Gasteiger partial charge in [-0.2, -0.15) is 5.10 Å². The van der Waals surface area contributed by atoms with E-state index in [0.717, 1.165) is 35.7 Å². The lowest BCUT2D eigenvalue weighted by atomic mass is 10.1. The van der Waals surface area contributed by atoms with Gasteiger partial charge in [0.1, 0.15) is 0 Å². The minimum atomic E-state index is 0.778. The van der Waals surface area contributed by atoms with Crippen molar-refractivity contribution in [1.82, 2.24) is 9.55 Å². The van der Waals surface area contributed by atoms with E-state index >= 15 is 0 Å². The van der Waals surface area contributed by atoms with Crippen molar-refractivity contribution in [2.75, 3.05) is 23.0 Å². The molecule has 0 saturated carbocycles. The first-order valence-corrected chi connectivity index (χ1v) is 10.1. The van der Waals surface area contributed by atoms with Gasteiger partial charge in [0, 0.05) is 53.2 Å². The maximum atomic E-state index is 4.64. The third-order valence-electron chi connectivity index (χ3n) is 5.93. The number of aryl methyl sites for hydroxylation is 1. The van der Waals surface area contributed by atoms with E-state index in [1.54, 1.807) is 6.20 Å². The van der Waals surface area contributed by atoms with Crippen LogP contribution in [0, 0.1) is 20.8 Å². The number of anilines is 2. The van der Waals surface area contributed by atoms with Gasteiger partial charge in [0.05, 0.1) is 11.9 Å². The molecule has 1 fully saturated rings. The zero-order valence-electron chi connectivity index (χ0n) is 17.2. The van der Waals surface area contributed by atoms with Gasteiger partial charge in [-0.15, -0.1) is 0 Å². The highest BCUT2D eigenvalue weighted by atomic mass is 15.5. The van der Waals surface area contributed by atoms with E-state index in [4.69, 9.17) is 0 Å². The van der Waals surface area contributed by atoms with Crippen molar-refractivity contribution >= 4 is 23.4 Å². The van der Waals surface area contributed by atoms with Gasteiger partial charge in [-0.25, -0.2) is 9.99 Å². The topological polar surface area (TPSA) is 36.7 Å². The molecule has 2 aromatic heterocycles. The van der Waals surface area contributed by atoms with Gasteiger partial charge in [0.25, 0.3) is 0 Å². The monoisotopic (exact) mass is 383 g/mol. The van der Waals surface area contributed by atoms with Crippen molar-refractivity contribution in [3.63, 3.8) is 0 Å². The molecule has 29 heavy (non-hydrogen) atoms. The Morgan fingerprint density at radius 1 is 0.966 bits per heavy atom. The third-order valence-corrected chi connectivity index (χ3v) is 5.93. The Kier molecular flexibility index (Phi) is 4.05. The van der Waals surface area contributed by atoms with Crippen LogP contribution in [0.4, 0.5) is 11.5 Å². The predicted octanol–water partition coefficient (Wildman–Crippen LogP) is 4.83. The molecule has 2 aliphatic rings. The Labute approximate surface area is 171 Å². The summed E-state index contributed by atoms with van der Waals surface area (Å²) in [5.74, 6) is 0.778. The molecule has 0 aliphatic carbocycles. The highest BCUT2D eigenvalue weighted by Gasteiger charge is 2.27. The maximum Gasteiger partial charge on any atom is 0.153 e. The predicted molar refractivity (Wildman–Crippen MR) is 120 cm³/mol. The average molecular weight is 383 g/mol. The number of rotatable bonds is 3. The first kappa shape index (κ1) is 17.7. The molecule has 3 aromatic rings. The summed E-state index contributed by atoms with van der Waals surface area (Å²) < 4.78 is 2.33. The first-order valence-electron chi connectivity index (χ1n) is 10.1. The summed E-state index contributed by atoms with van der Waals surface area (Å²) in [5.41, 5.74) is 9.26. The molecule has 5 nitrogen and oxygen atoms in total. The lowest BCUT2D eigenvalue weighted by Gasteiger charge is -2.34. The van der Waals surface area contributed by atoms with Crippen LogP contribution in [-0.4, -0.2) is 28.9 Å². The fourth-order valence-electron chi connectivity index (χ4n) is 4.37. The number of benzene rings is 1. The fourth-order valence-corrected chi connectivity index (χ4v) is 4.37. The smallest absolute Gasteiger partial charge is 0.153 e.